The number of phenols is 1. The van der Waals surface area contributed by atoms with Crippen LogP contribution in [0.2, 0.25) is 0 Å². The molecule has 4 nitrogen and oxygen atoms in total. The zero-order valence-corrected chi connectivity index (χ0v) is 16.1. The zero-order valence-electron chi connectivity index (χ0n) is 16.1. The van der Waals surface area contributed by atoms with Gasteiger partial charge in [-0.15, -0.1) is 0 Å². The van der Waals surface area contributed by atoms with Crippen molar-refractivity contribution in [1.29, 1.82) is 0 Å². The Hall–Kier alpha value is -2.07. The summed E-state index contributed by atoms with van der Waals surface area (Å²) in [5.41, 5.74) is 0.706. The lowest BCUT2D eigenvalue weighted by Crippen LogP contribution is -2.31. The second kappa shape index (κ2) is 8.54. The normalized spacial score (nSPS) is 30.3. The minimum atomic E-state index is -0.868. The Balaban J connectivity index is 2.28. The van der Waals surface area contributed by atoms with Crippen LogP contribution >= 0.6 is 0 Å². The first-order chi connectivity index (χ1) is 12.2. The second-order valence-corrected chi connectivity index (χ2v) is 7.82. The Bertz CT molecular complexity index is 668. The molecule has 2 rings (SSSR count). The van der Waals surface area contributed by atoms with Crippen LogP contribution in [0, 0.1) is 11.8 Å². The lowest BCUT2D eigenvalue weighted by molar-refractivity contribution is 0.0139. The Kier molecular flexibility index (Phi) is 6.65. The van der Waals surface area contributed by atoms with Crippen molar-refractivity contribution in [3.8, 4) is 5.75 Å². The molecule has 0 fully saturated rings. The lowest BCUT2D eigenvalue weighted by Gasteiger charge is -2.30. The van der Waals surface area contributed by atoms with Crippen LogP contribution in [0.3, 0.4) is 0 Å². The van der Waals surface area contributed by atoms with Crippen LogP contribution in [0.15, 0.2) is 48.1 Å². The number of carbonyl (C=O) groups is 1. The van der Waals surface area contributed by atoms with Crippen molar-refractivity contribution in [2.45, 2.75) is 58.7 Å². The van der Waals surface area contributed by atoms with E-state index in [1.54, 1.807) is 12.1 Å². The van der Waals surface area contributed by atoms with Crippen LogP contribution in [0.1, 0.15) is 57.3 Å². The molecule has 0 saturated carbocycles. The van der Waals surface area contributed by atoms with E-state index in [0.717, 1.165) is 12.0 Å². The van der Waals surface area contributed by atoms with Gasteiger partial charge in [0.15, 0.2) is 0 Å². The molecule has 142 valence electrons. The predicted molar refractivity (Wildman–Crippen MR) is 103 cm³/mol. The van der Waals surface area contributed by atoms with Gasteiger partial charge in [-0.1, -0.05) is 37.6 Å². The molecule has 0 saturated heterocycles. The summed E-state index contributed by atoms with van der Waals surface area (Å²) in [4.78, 5) is 12.6. The summed E-state index contributed by atoms with van der Waals surface area (Å²) in [5, 5.41) is 19.9. The summed E-state index contributed by atoms with van der Waals surface area (Å²) in [5.74, 6) is -0.0224. The van der Waals surface area contributed by atoms with Gasteiger partial charge in [0.1, 0.15) is 11.9 Å². The van der Waals surface area contributed by atoms with Crippen molar-refractivity contribution in [2.75, 3.05) is 0 Å². The molecule has 3 atom stereocenters. The number of carbonyl (C=O) groups excluding carboxylic acids is 1. The smallest absolute Gasteiger partial charge is 0.338 e. The Morgan fingerprint density at radius 2 is 1.92 bits per heavy atom. The summed E-state index contributed by atoms with van der Waals surface area (Å²) < 4.78 is 5.87. The highest BCUT2D eigenvalue weighted by molar-refractivity contribution is 5.89. The van der Waals surface area contributed by atoms with Gasteiger partial charge in [-0.25, -0.2) is 4.79 Å². The molecule has 4 heteroatoms. The van der Waals surface area contributed by atoms with Crippen LogP contribution in [0.5, 0.6) is 5.75 Å². The summed E-state index contributed by atoms with van der Waals surface area (Å²) in [6.45, 7) is 8.04. The first kappa shape index (κ1) is 20.2. The molecule has 0 aromatic heterocycles. The highest BCUT2D eigenvalue weighted by Gasteiger charge is 2.29. The molecule has 3 unspecified atom stereocenters. The molecule has 0 spiro atoms. The van der Waals surface area contributed by atoms with Crippen molar-refractivity contribution in [1.82, 2.24) is 0 Å². The Morgan fingerprint density at radius 1 is 1.27 bits per heavy atom. The van der Waals surface area contributed by atoms with E-state index in [2.05, 4.69) is 19.9 Å². The molecule has 0 heterocycles. The topological polar surface area (TPSA) is 66.8 Å². The zero-order chi connectivity index (χ0) is 19.3. The van der Waals surface area contributed by atoms with Gasteiger partial charge >= 0.3 is 5.97 Å². The molecular formula is C22H30O4. The molecular weight excluding hydrogens is 328 g/mol. The van der Waals surface area contributed by atoms with E-state index in [9.17, 15) is 15.0 Å². The van der Waals surface area contributed by atoms with E-state index < -0.39 is 11.6 Å². The standard InChI is InChI=1S/C22H30O4/c1-15(2)19-11-13-22(4,25)12-5-6-16(3)14-20(19)26-21(24)17-7-9-18(23)10-8-17/h6-11,13,15,19-20,23,25H,5,12,14H2,1-4H3/b13-11+,16-6+. The number of ether oxygens (including phenoxy) is 1. The molecule has 1 aromatic rings. The van der Waals surface area contributed by atoms with Gasteiger partial charge in [0.2, 0.25) is 0 Å². The van der Waals surface area contributed by atoms with Crippen LogP contribution < -0.4 is 0 Å². The maximum atomic E-state index is 12.6. The van der Waals surface area contributed by atoms with E-state index in [1.807, 2.05) is 26.0 Å². The molecule has 0 aliphatic heterocycles. The number of allylic oxidation sites excluding steroid dienone is 1. The Labute approximate surface area is 156 Å². The fraction of sp³-hybridized carbons (Fsp3) is 0.500. The Morgan fingerprint density at radius 3 is 2.54 bits per heavy atom. The van der Waals surface area contributed by atoms with Gasteiger partial charge in [-0.2, -0.15) is 0 Å². The van der Waals surface area contributed by atoms with Crippen molar-refractivity contribution >= 4 is 5.97 Å². The van der Waals surface area contributed by atoms with Crippen LogP contribution in [0.25, 0.3) is 0 Å². The third-order valence-electron chi connectivity index (χ3n) is 4.90. The SMILES string of the molecule is C/C1=C\CCC(C)(O)/C=C/C(C(C)C)C(OC(=O)c2ccc(O)cc2)C1. The summed E-state index contributed by atoms with van der Waals surface area (Å²) in [6.07, 6.45) is 7.77. The quantitative estimate of drug-likeness (QED) is 0.611. The molecule has 0 radical (unpaired) electrons. The van der Waals surface area contributed by atoms with Crippen molar-refractivity contribution in [2.24, 2.45) is 11.8 Å². The highest BCUT2D eigenvalue weighted by Crippen LogP contribution is 2.29. The number of benzene rings is 1. The average molecular weight is 358 g/mol. The van der Waals surface area contributed by atoms with Crippen LogP contribution in [-0.2, 0) is 4.74 Å². The van der Waals surface area contributed by atoms with Crippen LogP contribution in [-0.4, -0.2) is 27.9 Å². The second-order valence-electron chi connectivity index (χ2n) is 7.82. The maximum Gasteiger partial charge on any atom is 0.338 e. The summed E-state index contributed by atoms with van der Waals surface area (Å²) >= 11 is 0. The minimum Gasteiger partial charge on any atom is -0.508 e. The number of esters is 1. The molecule has 1 aliphatic rings. The van der Waals surface area contributed by atoms with Gasteiger partial charge in [-0.05, 0) is 56.9 Å². The molecule has 2 N–H and O–H groups in total. The number of aromatic hydroxyl groups is 1. The summed E-state index contributed by atoms with van der Waals surface area (Å²) in [6, 6.07) is 6.08. The number of hydrogen-bond acceptors (Lipinski definition) is 4. The van der Waals surface area contributed by atoms with Gasteiger partial charge < -0.3 is 14.9 Å². The molecule has 0 amide bonds. The fourth-order valence-corrected chi connectivity index (χ4v) is 3.25. The van der Waals surface area contributed by atoms with E-state index in [1.165, 1.54) is 12.1 Å². The molecule has 1 aliphatic carbocycles. The first-order valence-corrected chi connectivity index (χ1v) is 9.25. The van der Waals surface area contributed by atoms with Crippen molar-refractivity contribution in [3.05, 3.63) is 53.6 Å². The number of hydrogen-bond donors (Lipinski definition) is 2. The monoisotopic (exact) mass is 358 g/mol. The maximum absolute atomic E-state index is 12.6. The van der Waals surface area contributed by atoms with Crippen LogP contribution in [0.4, 0.5) is 0 Å². The fourth-order valence-electron chi connectivity index (χ4n) is 3.25. The van der Waals surface area contributed by atoms with E-state index in [0.29, 0.717) is 18.4 Å². The van der Waals surface area contributed by atoms with Crippen molar-refractivity contribution in [3.63, 3.8) is 0 Å². The van der Waals surface area contributed by atoms with Gasteiger partial charge in [0, 0.05) is 12.3 Å². The lowest BCUT2D eigenvalue weighted by atomic mass is 9.83. The largest absolute Gasteiger partial charge is 0.508 e. The number of phenolic OH excluding ortho intramolecular Hbond substituents is 1. The van der Waals surface area contributed by atoms with Gasteiger partial charge in [-0.3, -0.25) is 0 Å². The van der Waals surface area contributed by atoms with Gasteiger partial charge in [0.25, 0.3) is 0 Å². The third-order valence-corrected chi connectivity index (χ3v) is 4.90. The first-order valence-electron chi connectivity index (χ1n) is 9.25. The summed E-state index contributed by atoms with van der Waals surface area (Å²) in [7, 11) is 0. The molecule has 26 heavy (non-hydrogen) atoms. The average Bonchev–Trinajstić information content (AvgIpc) is 2.54. The minimum absolute atomic E-state index is 0.00369. The van der Waals surface area contributed by atoms with E-state index in [-0.39, 0.29) is 23.7 Å². The number of rotatable bonds is 3. The van der Waals surface area contributed by atoms with E-state index in [4.69, 9.17) is 4.74 Å². The highest BCUT2D eigenvalue weighted by atomic mass is 16.5. The molecule has 1 aromatic carbocycles. The number of aliphatic hydroxyl groups is 1. The van der Waals surface area contributed by atoms with Crippen molar-refractivity contribution < 1.29 is 19.7 Å². The van der Waals surface area contributed by atoms with E-state index >= 15 is 0 Å². The third kappa shape index (κ3) is 5.73. The van der Waals surface area contributed by atoms with Gasteiger partial charge in [0.05, 0.1) is 11.2 Å². The molecule has 0 bridgehead atoms. The predicted octanol–water partition coefficient (Wildman–Crippen LogP) is 4.63.